The third kappa shape index (κ3) is 4.09. The number of hydrogen-bond acceptors (Lipinski definition) is 3. The Balaban J connectivity index is 2.58. The van der Waals surface area contributed by atoms with Gasteiger partial charge in [-0.1, -0.05) is 0 Å². The summed E-state index contributed by atoms with van der Waals surface area (Å²) in [6.45, 7) is 6.71. The number of rotatable bonds is 4. The molecule has 0 aromatic rings. The van der Waals surface area contributed by atoms with Crippen LogP contribution in [0.15, 0.2) is 0 Å². The normalized spacial score (nSPS) is 26.2. The lowest BCUT2D eigenvalue weighted by Crippen LogP contribution is -2.45. The molecule has 2 N–H and O–H groups in total. The van der Waals surface area contributed by atoms with Crippen molar-refractivity contribution in [1.82, 2.24) is 9.80 Å². The van der Waals surface area contributed by atoms with Crippen LogP contribution in [0.5, 0.6) is 0 Å². The van der Waals surface area contributed by atoms with Gasteiger partial charge in [0.15, 0.2) is 0 Å². The molecule has 0 amide bonds. The molecule has 0 aliphatic carbocycles. The van der Waals surface area contributed by atoms with Crippen molar-refractivity contribution in [3.63, 3.8) is 0 Å². The molecule has 3 nitrogen and oxygen atoms in total. The maximum absolute atomic E-state index is 6.14. The van der Waals surface area contributed by atoms with Crippen LogP contribution in [-0.2, 0) is 0 Å². The topological polar surface area (TPSA) is 32.5 Å². The summed E-state index contributed by atoms with van der Waals surface area (Å²) >= 11 is 0. The summed E-state index contributed by atoms with van der Waals surface area (Å²) < 4.78 is 0. The van der Waals surface area contributed by atoms with E-state index in [9.17, 15) is 0 Å². The average Bonchev–Trinajstić information content (AvgIpc) is 2.45. The Hall–Kier alpha value is -0.120. The molecule has 0 aromatic carbocycles. The summed E-state index contributed by atoms with van der Waals surface area (Å²) in [4.78, 5) is 4.77. The largest absolute Gasteiger partial charge is 0.326 e. The van der Waals surface area contributed by atoms with Gasteiger partial charge in [-0.2, -0.15) is 0 Å². The van der Waals surface area contributed by atoms with E-state index >= 15 is 0 Å². The SMILES string of the molecule is CN1CCC(C(CC(C)(C)N)N(C)C)C1. The molecule has 0 radical (unpaired) electrons. The number of hydrogen-bond donors (Lipinski definition) is 1. The van der Waals surface area contributed by atoms with Crippen molar-refractivity contribution in [2.24, 2.45) is 11.7 Å². The molecule has 0 bridgehead atoms. The molecule has 15 heavy (non-hydrogen) atoms. The zero-order chi connectivity index (χ0) is 11.6. The van der Waals surface area contributed by atoms with E-state index in [4.69, 9.17) is 5.73 Å². The van der Waals surface area contributed by atoms with Gasteiger partial charge in [0.1, 0.15) is 0 Å². The van der Waals surface area contributed by atoms with Gasteiger partial charge < -0.3 is 15.5 Å². The van der Waals surface area contributed by atoms with E-state index in [0.29, 0.717) is 6.04 Å². The van der Waals surface area contributed by atoms with Crippen LogP contribution in [0.3, 0.4) is 0 Å². The highest BCUT2D eigenvalue weighted by atomic mass is 15.2. The first kappa shape index (κ1) is 12.9. The minimum absolute atomic E-state index is 0.0594. The average molecular weight is 213 g/mol. The first-order chi connectivity index (χ1) is 6.79. The molecule has 1 fully saturated rings. The molecule has 2 atom stereocenters. The van der Waals surface area contributed by atoms with Crippen LogP contribution in [0.1, 0.15) is 26.7 Å². The molecule has 1 aliphatic rings. The van der Waals surface area contributed by atoms with Crippen LogP contribution in [-0.4, -0.2) is 55.6 Å². The van der Waals surface area contributed by atoms with Gasteiger partial charge in [0.2, 0.25) is 0 Å². The highest BCUT2D eigenvalue weighted by molar-refractivity contribution is 4.89. The fraction of sp³-hybridized carbons (Fsp3) is 1.00. The lowest BCUT2D eigenvalue weighted by molar-refractivity contribution is 0.172. The fourth-order valence-corrected chi connectivity index (χ4v) is 2.59. The molecule has 1 rings (SSSR count). The minimum atomic E-state index is -0.0594. The first-order valence-electron chi connectivity index (χ1n) is 5.93. The summed E-state index contributed by atoms with van der Waals surface area (Å²) in [5.41, 5.74) is 6.08. The molecule has 0 spiro atoms. The highest BCUT2D eigenvalue weighted by Crippen LogP contribution is 2.26. The van der Waals surface area contributed by atoms with Gasteiger partial charge >= 0.3 is 0 Å². The van der Waals surface area contributed by atoms with Crippen LogP contribution in [0.2, 0.25) is 0 Å². The van der Waals surface area contributed by atoms with Crippen molar-refractivity contribution in [3.05, 3.63) is 0 Å². The molecule has 0 aromatic heterocycles. The van der Waals surface area contributed by atoms with E-state index in [1.54, 1.807) is 0 Å². The second-order valence-electron chi connectivity index (χ2n) is 6.03. The molecule has 1 heterocycles. The first-order valence-corrected chi connectivity index (χ1v) is 5.93. The monoisotopic (exact) mass is 213 g/mol. The molecule has 90 valence electrons. The smallest absolute Gasteiger partial charge is 0.0147 e. The Labute approximate surface area is 94.6 Å². The van der Waals surface area contributed by atoms with Crippen molar-refractivity contribution in [2.75, 3.05) is 34.2 Å². The van der Waals surface area contributed by atoms with Crippen LogP contribution in [0.4, 0.5) is 0 Å². The number of nitrogens with zero attached hydrogens (tertiary/aromatic N) is 2. The van der Waals surface area contributed by atoms with Crippen molar-refractivity contribution in [3.8, 4) is 0 Å². The van der Waals surface area contributed by atoms with E-state index in [2.05, 4.69) is 44.8 Å². The van der Waals surface area contributed by atoms with Crippen molar-refractivity contribution in [2.45, 2.75) is 38.3 Å². The molecule has 0 saturated carbocycles. The van der Waals surface area contributed by atoms with Crippen molar-refractivity contribution in [1.29, 1.82) is 0 Å². The summed E-state index contributed by atoms with van der Waals surface area (Å²) in [5, 5.41) is 0. The van der Waals surface area contributed by atoms with Gasteiger partial charge in [-0.15, -0.1) is 0 Å². The van der Waals surface area contributed by atoms with E-state index < -0.39 is 0 Å². The van der Waals surface area contributed by atoms with Gasteiger partial charge in [-0.25, -0.2) is 0 Å². The maximum Gasteiger partial charge on any atom is 0.0147 e. The van der Waals surface area contributed by atoms with Gasteiger partial charge in [0.05, 0.1) is 0 Å². The van der Waals surface area contributed by atoms with Crippen LogP contribution < -0.4 is 5.73 Å². The van der Waals surface area contributed by atoms with Crippen LogP contribution >= 0.6 is 0 Å². The predicted molar refractivity (Wildman–Crippen MR) is 66.0 cm³/mol. The second-order valence-corrected chi connectivity index (χ2v) is 6.03. The Bertz CT molecular complexity index is 196. The van der Waals surface area contributed by atoms with Crippen LogP contribution in [0.25, 0.3) is 0 Å². The van der Waals surface area contributed by atoms with Gasteiger partial charge in [-0.05, 0) is 60.3 Å². The number of likely N-dealkylation sites (tertiary alicyclic amines) is 1. The van der Waals surface area contributed by atoms with Gasteiger partial charge in [0, 0.05) is 18.1 Å². The summed E-state index contributed by atoms with van der Waals surface area (Å²) in [6, 6.07) is 0.620. The van der Waals surface area contributed by atoms with Crippen molar-refractivity contribution < 1.29 is 0 Å². The Morgan fingerprint density at radius 2 is 2.07 bits per heavy atom. The van der Waals surface area contributed by atoms with E-state index in [1.165, 1.54) is 19.5 Å². The zero-order valence-corrected chi connectivity index (χ0v) is 11.0. The minimum Gasteiger partial charge on any atom is -0.326 e. The second kappa shape index (κ2) is 4.81. The van der Waals surface area contributed by atoms with Crippen LogP contribution in [0, 0.1) is 5.92 Å². The maximum atomic E-state index is 6.14. The quantitative estimate of drug-likeness (QED) is 0.756. The fourth-order valence-electron chi connectivity index (χ4n) is 2.59. The molecule has 2 unspecified atom stereocenters. The third-order valence-electron chi connectivity index (χ3n) is 3.37. The number of nitrogens with two attached hydrogens (primary N) is 1. The third-order valence-corrected chi connectivity index (χ3v) is 3.37. The van der Waals surface area contributed by atoms with E-state index in [0.717, 1.165) is 12.3 Å². The Kier molecular flexibility index (Phi) is 4.15. The molecular weight excluding hydrogens is 186 g/mol. The molecule has 1 aliphatic heterocycles. The molecule has 3 heteroatoms. The van der Waals surface area contributed by atoms with E-state index in [1.807, 2.05) is 0 Å². The lowest BCUT2D eigenvalue weighted by Gasteiger charge is -2.35. The highest BCUT2D eigenvalue weighted by Gasteiger charge is 2.32. The Morgan fingerprint density at radius 3 is 2.40 bits per heavy atom. The predicted octanol–water partition coefficient (Wildman–Crippen LogP) is 0.996. The van der Waals surface area contributed by atoms with Gasteiger partial charge in [-0.3, -0.25) is 0 Å². The van der Waals surface area contributed by atoms with Crippen molar-refractivity contribution >= 4 is 0 Å². The lowest BCUT2D eigenvalue weighted by atomic mass is 9.87. The molecule has 1 saturated heterocycles. The Morgan fingerprint density at radius 1 is 1.47 bits per heavy atom. The molecular formula is C12H27N3. The zero-order valence-electron chi connectivity index (χ0n) is 11.0. The summed E-state index contributed by atoms with van der Waals surface area (Å²) in [6.07, 6.45) is 2.40. The standard InChI is InChI=1S/C12H27N3/c1-12(2,13)8-11(14(3)4)10-6-7-15(5)9-10/h10-11H,6-9,13H2,1-5H3. The summed E-state index contributed by atoms with van der Waals surface area (Å²) in [7, 11) is 6.56. The van der Waals surface area contributed by atoms with E-state index in [-0.39, 0.29) is 5.54 Å². The van der Waals surface area contributed by atoms with Gasteiger partial charge in [0.25, 0.3) is 0 Å². The summed E-state index contributed by atoms with van der Waals surface area (Å²) in [5.74, 6) is 0.785.